The molecule has 3 aromatic rings. The number of rotatable bonds is 5. The molecule has 0 spiro atoms. The van der Waals surface area contributed by atoms with Crippen LogP contribution in [0.25, 0.3) is 10.9 Å². The molecule has 1 N–H and O–H groups in total. The summed E-state index contributed by atoms with van der Waals surface area (Å²) in [5.74, 6) is 0.0597. The van der Waals surface area contributed by atoms with Gasteiger partial charge in [0.2, 0.25) is 0 Å². The van der Waals surface area contributed by atoms with E-state index in [-0.39, 0.29) is 11.8 Å². The zero-order valence-electron chi connectivity index (χ0n) is 20.5. The number of hydrogen-bond donors (Lipinski definition) is 1. The number of pyridine rings is 1. The molecular formula is C29H32N4O2. The SMILES string of the molecule is Cc1cc2c(cc1C)CN(C(=O)C1=CCCN(CCNC(=O)c3ccc4ncccc4c3)C1)CC2. The van der Waals surface area contributed by atoms with E-state index in [1.54, 1.807) is 6.20 Å². The quantitative estimate of drug-likeness (QED) is 0.619. The Morgan fingerprint density at radius 2 is 1.83 bits per heavy atom. The van der Waals surface area contributed by atoms with E-state index in [9.17, 15) is 9.59 Å². The molecule has 6 nitrogen and oxygen atoms in total. The van der Waals surface area contributed by atoms with Gasteiger partial charge in [0.15, 0.2) is 0 Å². The third-order valence-corrected chi connectivity index (χ3v) is 7.20. The van der Waals surface area contributed by atoms with Gasteiger partial charge >= 0.3 is 0 Å². The zero-order chi connectivity index (χ0) is 24.4. The number of nitrogens with zero attached hydrogens (tertiary/aromatic N) is 3. The van der Waals surface area contributed by atoms with Crippen molar-refractivity contribution >= 4 is 22.7 Å². The van der Waals surface area contributed by atoms with Crippen molar-refractivity contribution in [2.24, 2.45) is 0 Å². The van der Waals surface area contributed by atoms with Crippen molar-refractivity contribution in [1.82, 2.24) is 20.1 Å². The van der Waals surface area contributed by atoms with Crippen molar-refractivity contribution in [3.63, 3.8) is 0 Å². The van der Waals surface area contributed by atoms with Crippen molar-refractivity contribution in [1.29, 1.82) is 0 Å². The van der Waals surface area contributed by atoms with Crippen LogP contribution >= 0.6 is 0 Å². The fourth-order valence-electron chi connectivity index (χ4n) is 5.03. The molecule has 2 aliphatic rings. The summed E-state index contributed by atoms with van der Waals surface area (Å²) in [6.07, 6.45) is 5.61. The van der Waals surface area contributed by atoms with Crippen LogP contribution in [-0.4, -0.2) is 59.3 Å². The maximum Gasteiger partial charge on any atom is 0.251 e. The van der Waals surface area contributed by atoms with Crippen LogP contribution in [0.3, 0.4) is 0 Å². The smallest absolute Gasteiger partial charge is 0.251 e. The molecule has 35 heavy (non-hydrogen) atoms. The van der Waals surface area contributed by atoms with Gasteiger partial charge in [0.05, 0.1) is 5.52 Å². The van der Waals surface area contributed by atoms with Gasteiger partial charge in [0.1, 0.15) is 0 Å². The Morgan fingerprint density at radius 3 is 2.69 bits per heavy atom. The van der Waals surface area contributed by atoms with Crippen molar-refractivity contribution in [3.05, 3.63) is 88.1 Å². The molecule has 3 heterocycles. The Labute approximate surface area is 206 Å². The van der Waals surface area contributed by atoms with Crippen molar-refractivity contribution in [2.75, 3.05) is 32.7 Å². The summed E-state index contributed by atoms with van der Waals surface area (Å²) >= 11 is 0. The molecule has 180 valence electrons. The summed E-state index contributed by atoms with van der Waals surface area (Å²) in [5, 5.41) is 3.98. The van der Waals surface area contributed by atoms with E-state index >= 15 is 0 Å². The molecule has 0 unspecified atom stereocenters. The largest absolute Gasteiger partial charge is 0.351 e. The number of carbonyl (C=O) groups excluding carboxylic acids is 2. The Balaban J connectivity index is 1.14. The molecule has 0 radical (unpaired) electrons. The summed E-state index contributed by atoms with van der Waals surface area (Å²) in [4.78, 5) is 34.5. The minimum Gasteiger partial charge on any atom is -0.351 e. The lowest BCUT2D eigenvalue weighted by atomic mass is 9.94. The van der Waals surface area contributed by atoms with Crippen LogP contribution < -0.4 is 5.32 Å². The molecule has 6 heteroatoms. The lowest BCUT2D eigenvalue weighted by Gasteiger charge is -2.33. The minimum absolute atomic E-state index is 0.0860. The first-order valence-corrected chi connectivity index (χ1v) is 12.4. The molecule has 2 aromatic carbocycles. The van der Waals surface area contributed by atoms with Crippen molar-refractivity contribution < 1.29 is 9.59 Å². The fourth-order valence-corrected chi connectivity index (χ4v) is 5.03. The summed E-state index contributed by atoms with van der Waals surface area (Å²) in [7, 11) is 0. The number of aromatic nitrogens is 1. The molecule has 2 aliphatic heterocycles. The van der Waals surface area contributed by atoms with Gasteiger partial charge < -0.3 is 10.2 Å². The predicted octanol–water partition coefficient (Wildman–Crippen LogP) is 3.80. The average molecular weight is 469 g/mol. The second-order valence-electron chi connectivity index (χ2n) is 9.64. The van der Waals surface area contributed by atoms with Crippen LogP contribution in [0.2, 0.25) is 0 Å². The number of benzene rings is 2. The minimum atomic E-state index is -0.0860. The Morgan fingerprint density at radius 1 is 1.00 bits per heavy atom. The highest BCUT2D eigenvalue weighted by Gasteiger charge is 2.26. The highest BCUT2D eigenvalue weighted by molar-refractivity contribution is 5.98. The number of fused-ring (bicyclic) bond motifs is 2. The first kappa shape index (κ1) is 23.2. The van der Waals surface area contributed by atoms with Crippen LogP contribution in [0, 0.1) is 13.8 Å². The van der Waals surface area contributed by atoms with Gasteiger partial charge in [-0.05, 0) is 73.2 Å². The topological polar surface area (TPSA) is 65.5 Å². The number of carbonyl (C=O) groups is 2. The van der Waals surface area contributed by atoms with Gasteiger partial charge in [0, 0.05) is 62.0 Å². The molecule has 0 atom stereocenters. The maximum absolute atomic E-state index is 13.3. The van der Waals surface area contributed by atoms with E-state index in [4.69, 9.17) is 0 Å². The molecule has 0 saturated heterocycles. The predicted molar refractivity (Wildman–Crippen MR) is 138 cm³/mol. The third-order valence-electron chi connectivity index (χ3n) is 7.20. The number of aryl methyl sites for hydroxylation is 2. The van der Waals surface area contributed by atoms with Gasteiger partial charge in [-0.15, -0.1) is 0 Å². The molecule has 1 aromatic heterocycles. The normalized spacial score (nSPS) is 16.1. The first-order chi connectivity index (χ1) is 17.0. The fraction of sp³-hybridized carbons (Fsp3) is 0.345. The molecule has 0 aliphatic carbocycles. The maximum atomic E-state index is 13.3. The highest BCUT2D eigenvalue weighted by atomic mass is 16.2. The molecule has 0 fully saturated rings. The highest BCUT2D eigenvalue weighted by Crippen LogP contribution is 2.24. The number of amides is 2. The summed E-state index contributed by atoms with van der Waals surface area (Å²) < 4.78 is 0. The monoisotopic (exact) mass is 468 g/mol. The van der Waals surface area contributed by atoms with E-state index in [1.165, 1.54) is 22.3 Å². The third kappa shape index (κ3) is 5.13. The summed E-state index contributed by atoms with van der Waals surface area (Å²) in [6, 6.07) is 13.9. The number of nitrogens with one attached hydrogen (secondary N) is 1. The van der Waals surface area contributed by atoms with Crippen LogP contribution in [-0.2, 0) is 17.8 Å². The second kappa shape index (κ2) is 10.0. The molecule has 0 saturated carbocycles. The van der Waals surface area contributed by atoms with Gasteiger partial charge in [0.25, 0.3) is 11.8 Å². The van der Waals surface area contributed by atoms with Crippen LogP contribution in [0.4, 0.5) is 0 Å². The second-order valence-corrected chi connectivity index (χ2v) is 9.64. The van der Waals surface area contributed by atoms with Gasteiger partial charge in [-0.3, -0.25) is 19.5 Å². The molecule has 2 amide bonds. The Kier molecular flexibility index (Phi) is 6.64. The van der Waals surface area contributed by atoms with Crippen LogP contribution in [0.1, 0.15) is 39.0 Å². The van der Waals surface area contributed by atoms with E-state index < -0.39 is 0 Å². The van der Waals surface area contributed by atoms with Gasteiger partial charge in [-0.25, -0.2) is 0 Å². The van der Waals surface area contributed by atoms with Crippen molar-refractivity contribution in [3.8, 4) is 0 Å². The van der Waals surface area contributed by atoms with E-state index in [0.29, 0.717) is 31.7 Å². The van der Waals surface area contributed by atoms with Crippen molar-refractivity contribution in [2.45, 2.75) is 33.2 Å². The van der Waals surface area contributed by atoms with E-state index in [1.807, 2.05) is 35.2 Å². The average Bonchev–Trinajstić information content (AvgIpc) is 2.88. The Bertz CT molecular complexity index is 1310. The van der Waals surface area contributed by atoms with Gasteiger partial charge in [-0.1, -0.05) is 24.3 Å². The summed E-state index contributed by atoms with van der Waals surface area (Å²) in [5.41, 5.74) is 7.63. The van der Waals surface area contributed by atoms with E-state index in [0.717, 1.165) is 42.4 Å². The number of hydrogen-bond acceptors (Lipinski definition) is 4. The standard InChI is InChI=1S/C29H32N4O2/c1-20-15-22-9-13-33(19-26(22)16-21(20)2)29(35)25-6-4-12-32(18-25)14-11-31-28(34)24-7-8-27-23(17-24)5-3-10-30-27/h3,5-8,10,15-17H,4,9,11-14,18-19H2,1-2H3,(H,31,34). The van der Waals surface area contributed by atoms with Crippen LogP contribution in [0.15, 0.2) is 60.3 Å². The van der Waals surface area contributed by atoms with Crippen LogP contribution in [0.5, 0.6) is 0 Å². The lowest BCUT2D eigenvalue weighted by Crippen LogP contribution is -2.43. The Hall–Kier alpha value is -3.51. The molecule has 5 rings (SSSR count). The van der Waals surface area contributed by atoms with E-state index in [2.05, 4.69) is 47.3 Å². The summed E-state index contributed by atoms with van der Waals surface area (Å²) in [6.45, 7) is 8.52. The van der Waals surface area contributed by atoms with Gasteiger partial charge in [-0.2, -0.15) is 0 Å². The first-order valence-electron chi connectivity index (χ1n) is 12.4. The lowest BCUT2D eigenvalue weighted by molar-refractivity contribution is -0.128. The molecule has 0 bridgehead atoms. The zero-order valence-corrected chi connectivity index (χ0v) is 20.5. The molecular weight excluding hydrogens is 436 g/mol.